The van der Waals surface area contributed by atoms with Crippen molar-refractivity contribution in [2.45, 2.75) is 64.5 Å². The number of urea groups is 1. The molecule has 6 nitrogen and oxygen atoms in total. The van der Waals surface area contributed by atoms with Gasteiger partial charge in [0.1, 0.15) is 0 Å². The first-order valence-electron chi connectivity index (χ1n) is 8.43. The minimum absolute atomic E-state index is 0.0518. The van der Waals surface area contributed by atoms with Crippen molar-refractivity contribution in [1.82, 2.24) is 15.1 Å². The Kier molecular flexibility index (Phi) is 6.71. The molecule has 0 radical (unpaired) electrons. The van der Waals surface area contributed by atoms with Crippen LogP contribution >= 0.6 is 0 Å². The van der Waals surface area contributed by atoms with E-state index in [1.165, 1.54) is 19.3 Å². The molecule has 1 unspecified atom stereocenters. The van der Waals surface area contributed by atoms with Crippen LogP contribution in [-0.2, 0) is 6.54 Å². The second-order valence-electron chi connectivity index (χ2n) is 6.11. The average Bonchev–Trinajstić information content (AvgIpc) is 2.95. The standard InChI is InChI=1S/C16H28N4O2/c1-2-9-20-12-14(11-17-20)18-16(22)19-15(8-10-21)13-6-4-3-5-7-13/h11-13,15,21H,2-10H2,1H3,(H2,18,19,22). The van der Waals surface area contributed by atoms with Gasteiger partial charge in [-0.2, -0.15) is 5.10 Å². The van der Waals surface area contributed by atoms with Crippen molar-refractivity contribution < 1.29 is 9.90 Å². The second kappa shape index (κ2) is 8.78. The number of hydrogen-bond donors (Lipinski definition) is 3. The fourth-order valence-corrected chi connectivity index (χ4v) is 3.22. The summed E-state index contributed by atoms with van der Waals surface area (Å²) in [6.45, 7) is 3.04. The number of rotatable bonds is 7. The molecule has 1 aromatic heterocycles. The van der Waals surface area contributed by atoms with Crippen molar-refractivity contribution in [3.8, 4) is 0 Å². The molecule has 6 heteroatoms. The molecule has 1 aliphatic carbocycles. The SMILES string of the molecule is CCCn1cc(NC(=O)NC(CCO)C2CCCCC2)cn1. The lowest BCUT2D eigenvalue weighted by Crippen LogP contribution is -2.43. The van der Waals surface area contributed by atoms with Crippen LogP contribution in [-0.4, -0.2) is 33.6 Å². The van der Waals surface area contributed by atoms with E-state index in [4.69, 9.17) is 0 Å². The highest BCUT2D eigenvalue weighted by Gasteiger charge is 2.24. The molecule has 2 rings (SSSR count). The molecule has 0 aromatic carbocycles. The van der Waals surface area contributed by atoms with Gasteiger partial charge in [0.15, 0.2) is 0 Å². The van der Waals surface area contributed by atoms with Gasteiger partial charge in [-0.1, -0.05) is 26.2 Å². The molecule has 1 aromatic rings. The van der Waals surface area contributed by atoms with Gasteiger partial charge >= 0.3 is 6.03 Å². The van der Waals surface area contributed by atoms with Crippen molar-refractivity contribution in [2.24, 2.45) is 5.92 Å². The smallest absolute Gasteiger partial charge is 0.319 e. The summed E-state index contributed by atoms with van der Waals surface area (Å²) in [6, 6.07) is -0.156. The number of amides is 2. The van der Waals surface area contributed by atoms with E-state index < -0.39 is 0 Å². The van der Waals surface area contributed by atoms with E-state index in [-0.39, 0.29) is 18.7 Å². The Balaban J connectivity index is 1.86. The van der Waals surface area contributed by atoms with Gasteiger partial charge in [-0.05, 0) is 31.6 Å². The predicted octanol–water partition coefficient (Wildman–Crippen LogP) is 2.75. The highest BCUT2D eigenvalue weighted by Crippen LogP contribution is 2.27. The molecule has 1 heterocycles. The predicted molar refractivity (Wildman–Crippen MR) is 86.7 cm³/mol. The molecule has 0 saturated heterocycles. The third kappa shape index (κ3) is 5.02. The minimum Gasteiger partial charge on any atom is -0.396 e. The highest BCUT2D eigenvalue weighted by atomic mass is 16.3. The number of anilines is 1. The second-order valence-corrected chi connectivity index (χ2v) is 6.11. The first kappa shape index (κ1) is 16.8. The summed E-state index contributed by atoms with van der Waals surface area (Å²) in [5.41, 5.74) is 0.706. The van der Waals surface area contributed by atoms with E-state index in [1.807, 2.05) is 10.9 Å². The maximum Gasteiger partial charge on any atom is 0.319 e. The van der Waals surface area contributed by atoms with Crippen LogP contribution in [0.2, 0.25) is 0 Å². The number of nitrogens with zero attached hydrogens (tertiary/aromatic N) is 2. The van der Waals surface area contributed by atoms with E-state index in [2.05, 4.69) is 22.7 Å². The van der Waals surface area contributed by atoms with E-state index in [9.17, 15) is 9.90 Å². The summed E-state index contributed by atoms with van der Waals surface area (Å²) in [6.07, 6.45) is 11.1. The fraction of sp³-hybridized carbons (Fsp3) is 0.750. The molecular weight excluding hydrogens is 280 g/mol. The number of aliphatic hydroxyl groups is 1. The number of aliphatic hydroxyl groups excluding tert-OH is 1. The Morgan fingerprint density at radius 2 is 2.23 bits per heavy atom. The first-order valence-corrected chi connectivity index (χ1v) is 8.43. The van der Waals surface area contributed by atoms with Gasteiger partial charge in [0.25, 0.3) is 0 Å². The molecule has 1 saturated carbocycles. The number of carbonyl (C=O) groups excluding carboxylic acids is 1. The van der Waals surface area contributed by atoms with Crippen LogP contribution < -0.4 is 10.6 Å². The summed E-state index contributed by atoms with van der Waals surface area (Å²) in [5, 5.41) is 19.3. The van der Waals surface area contributed by atoms with Crippen LogP contribution in [0.15, 0.2) is 12.4 Å². The van der Waals surface area contributed by atoms with Gasteiger partial charge in [0.05, 0.1) is 11.9 Å². The third-order valence-corrected chi connectivity index (χ3v) is 4.32. The van der Waals surface area contributed by atoms with Gasteiger partial charge in [-0.15, -0.1) is 0 Å². The van der Waals surface area contributed by atoms with Crippen LogP contribution in [0.1, 0.15) is 51.9 Å². The van der Waals surface area contributed by atoms with Crippen LogP contribution in [0.5, 0.6) is 0 Å². The maximum atomic E-state index is 12.2. The molecule has 0 spiro atoms. The zero-order valence-electron chi connectivity index (χ0n) is 13.4. The molecule has 3 N–H and O–H groups in total. The number of hydrogen-bond acceptors (Lipinski definition) is 3. The van der Waals surface area contributed by atoms with Crippen molar-refractivity contribution in [1.29, 1.82) is 0 Å². The third-order valence-electron chi connectivity index (χ3n) is 4.32. The van der Waals surface area contributed by atoms with Crippen LogP contribution in [0, 0.1) is 5.92 Å². The molecular formula is C16H28N4O2. The lowest BCUT2D eigenvalue weighted by molar-refractivity contribution is 0.202. The Labute approximate surface area is 132 Å². The molecule has 1 aliphatic rings. The number of carbonyl (C=O) groups is 1. The zero-order chi connectivity index (χ0) is 15.8. The monoisotopic (exact) mass is 308 g/mol. The van der Waals surface area contributed by atoms with E-state index in [1.54, 1.807) is 6.20 Å². The molecule has 2 amide bonds. The van der Waals surface area contributed by atoms with Crippen molar-refractivity contribution in [3.05, 3.63) is 12.4 Å². The fourth-order valence-electron chi connectivity index (χ4n) is 3.22. The quantitative estimate of drug-likeness (QED) is 0.724. The summed E-state index contributed by atoms with van der Waals surface area (Å²) >= 11 is 0. The van der Waals surface area contributed by atoms with Gasteiger partial charge < -0.3 is 15.7 Å². The number of nitrogens with one attached hydrogen (secondary N) is 2. The Morgan fingerprint density at radius 1 is 1.45 bits per heavy atom. The zero-order valence-corrected chi connectivity index (χ0v) is 13.4. The van der Waals surface area contributed by atoms with Gasteiger partial charge in [-0.25, -0.2) is 4.79 Å². The van der Waals surface area contributed by atoms with Gasteiger partial charge in [0, 0.05) is 25.4 Å². The van der Waals surface area contributed by atoms with Gasteiger partial charge in [0.2, 0.25) is 0 Å². The minimum atomic E-state index is -0.208. The molecule has 22 heavy (non-hydrogen) atoms. The number of aryl methyl sites for hydroxylation is 1. The molecule has 1 atom stereocenters. The molecule has 124 valence electrons. The Morgan fingerprint density at radius 3 is 2.91 bits per heavy atom. The molecule has 0 bridgehead atoms. The van der Waals surface area contributed by atoms with Crippen LogP contribution in [0.3, 0.4) is 0 Å². The van der Waals surface area contributed by atoms with Crippen LogP contribution in [0.4, 0.5) is 10.5 Å². The largest absolute Gasteiger partial charge is 0.396 e. The molecule has 0 aliphatic heterocycles. The lowest BCUT2D eigenvalue weighted by Gasteiger charge is -2.30. The summed E-state index contributed by atoms with van der Waals surface area (Å²) in [5.74, 6) is 0.481. The van der Waals surface area contributed by atoms with Crippen LogP contribution in [0.25, 0.3) is 0 Å². The topological polar surface area (TPSA) is 79.2 Å². The first-order chi connectivity index (χ1) is 10.7. The number of aromatic nitrogens is 2. The van der Waals surface area contributed by atoms with E-state index >= 15 is 0 Å². The van der Waals surface area contributed by atoms with E-state index in [0.717, 1.165) is 25.8 Å². The normalized spacial score (nSPS) is 17.2. The highest BCUT2D eigenvalue weighted by molar-refractivity contribution is 5.89. The van der Waals surface area contributed by atoms with Crippen molar-refractivity contribution in [3.63, 3.8) is 0 Å². The summed E-state index contributed by atoms with van der Waals surface area (Å²) < 4.78 is 1.82. The average molecular weight is 308 g/mol. The maximum absolute atomic E-state index is 12.2. The van der Waals surface area contributed by atoms with Gasteiger partial charge in [-0.3, -0.25) is 4.68 Å². The Bertz CT molecular complexity index is 455. The summed E-state index contributed by atoms with van der Waals surface area (Å²) in [7, 11) is 0. The van der Waals surface area contributed by atoms with E-state index in [0.29, 0.717) is 18.0 Å². The lowest BCUT2D eigenvalue weighted by atomic mass is 9.83. The van der Waals surface area contributed by atoms with Crippen molar-refractivity contribution in [2.75, 3.05) is 11.9 Å². The molecule has 1 fully saturated rings. The summed E-state index contributed by atoms with van der Waals surface area (Å²) in [4.78, 5) is 12.2. The Hall–Kier alpha value is -1.56. The van der Waals surface area contributed by atoms with Crippen molar-refractivity contribution >= 4 is 11.7 Å².